The molecule has 3 amide bonds. The Hall–Kier alpha value is -2.03. The molecule has 0 bridgehead atoms. The molecule has 8 nitrogen and oxygen atoms in total. The van der Waals surface area contributed by atoms with E-state index in [-0.39, 0.29) is 40.5 Å². The van der Waals surface area contributed by atoms with E-state index in [2.05, 4.69) is 0 Å². The average Bonchev–Trinajstić information content (AvgIpc) is 3.50. The molecule has 208 valence electrons. The summed E-state index contributed by atoms with van der Waals surface area (Å²) in [7, 11) is 1.73. The molecule has 4 aliphatic rings. The Balaban J connectivity index is 1.27. The van der Waals surface area contributed by atoms with Gasteiger partial charge in [0.15, 0.2) is 0 Å². The number of likely N-dealkylation sites (tertiary alicyclic amines) is 2. The fourth-order valence-corrected chi connectivity index (χ4v) is 6.11. The maximum atomic E-state index is 13.7. The third-order valence-electron chi connectivity index (χ3n) is 8.85. The van der Waals surface area contributed by atoms with Gasteiger partial charge >= 0.3 is 6.09 Å². The van der Waals surface area contributed by atoms with Gasteiger partial charge in [-0.15, -0.1) is 0 Å². The third kappa shape index (κ3) is 5.50. The van der Waals surface area contributed by atoms with Gasteiger partial charge < -0.3 is 24.2 Å². The summed E-state index contributed by atoms with van der Waals surface area (Å²) >= 11 is 12.5. The Kier molecular flexibility index (Phi) is 7.61. The van der Waals surface area contributed by atoms with Crippen LogP contribution in [0, 0.1) is 16.7 Å². The Morgan fingerprint density at radius 3 is 2.32 bits per heavy atom. The molecule has 0 N–H and O–H groups in total. The smallest absolute Gasteiger partial charge is 0.409 e. The van der Waals surface area contributed by atoms with E-state index in [0.717, 1.165) is 18.4 Å². The maximum Gasteiger partial charge on any atom is 0.409 e. The first-order valence-corrected chi connectivity index (χ1v) is 14.3. The minimum atomic E-state index is -0.414. The number of piperidine rings is 1. The molecule has 4 fully saturated rings. The lowest BCUT2D eigenvalue weighted by Gasteiger charge is -2.38. The maximum absolute atomic E-state index is 13.7. The van der Waals surface area contributed by atoms with Crippen LogP contribution in [-0.4, -0.2) is 91.7 Å². The van der Waals surface area contributed by atoms with Gasteiger partial charge in [-0.25, -0.2) is 4.79 Å². The SMILES string of the molecule is CN(C(=O)OCC1(C)COC1)C1CN(C(=O)C2CCN(C(=O)C3(C)CC3)CC2)CC1c1ccc(Cl)c(Cl)c1. The summed E-state index contributed by atoms with van der Waals surface area (Å²) in [5.74, 6) is 0.0513. The highest BCUT2D eigenvalue weighted by Crippen LogP contribution is 2.47. The molecule has 38 heavy (non-hydrogen) atoms. The Morgan fingerprint density at radius 1 is 1.05 bits per heavy atom. The summed E-state index contributed by atoms with van der Waals surface area (Å²) in [6.07, 6.45) is 2.83. The van der Waals surface area contributed by atoms with Gasteiger partial charge in [-0.1, -0.05) is 43.1 Å². The van der Waals surface area contributed by atoms with Crippen molar-refractivity contribution in [1.82, 2.24) is 14.7 Å². The van der Waals surface area contributed by atoms with Crippen molar-refractivity contribution in [2.24, 2.45) is 16.7 Å². The number of benzene rings is 1. The molecule has 1 aromatic carbocycles. The van der Waals surface area contributed by atoms with Gasteiger partial charge in [0, 0.05) is 55.9 Å². The Morgan fingerprint density at radius 2 is 1.74 bits per heavy atom. The molecular formula is C28H37Cl2N3O5. The molecule has 0 spiro atoms. The third-order valence-corrected chi connectivity index (χ3v) is 9.59. The predicted molar refractivity (Wildman–Crippen MR) is 144 cm³/mol. The van der Waals surface area contributed by atoms with Gasteiger partial charge in [0.05, 0.1) is 29.3 Å². The zero-order valence-corrected chi connectivity index (χ0v) is 23.9. The first-order chi connectivity index (χ1) is 18.0. The van der Waals surface area contributed by atoms with E-state index >= 15 is 0 Å². The number of amides is 3. The second-order valence-electron chi connectivity index (χ2n) is 12.2. The first-order valence-electron chi connectivity index (χ1n) is 13.5. The summed E-state index contributed by atoms with van der Waals surface area (Å²) in [6, 6.07) is 5.22. The van der Waals surface area contributed by atoms with E-state index < -0.39 is 6.09 Å². The molecule has 5 rings (SSSR count). The summed E-state index contributed by atoms with van der Waals surface area (Å²) < 4.78 is 10.9. The van der Waals surface area contributed by atoms with Crippen LogP contribution in [0.5, 0.6) is 0 Å². The standard InChI is InChI=1S/C28H37Cl2N3O5/c1-27(15-37-16-27)17-38-26(36)31(3)23-14-33(13-20(23)19-4-5-21(29)22(30)12-19)24(34)18-6-10-32(11-7-18)25(35)28(2)8-9-28/h4-5,12,18,20,23H,6-11,13-17H2,1-3H3. The molecule has 1 saturated carbocycles. The second kappa shape index (κ2) is 10.5. The lowest BCUT2D eigenvalue weighted by Crippen LogP contribution is -2.48. The summed E-state index contributed by atoms with van der Waals surface area (Å²) in [5, 5.41) is 0.903. The number of carbonyl (C=O) groups excluding carboxylic acids is 3. The van der Waals surface area contributed by atoms with Crippen LogP contribution in [0.25, 0.3) is 0 Å². The lowest BCUT2D eigenvalue weighted by molar-refractivity contribution is -0.142. The van der Waals surface area contributed by atoms with Crippen LogP contribution in [0.2, 0.25) is 10.0 Å². The van der Waals surface area contributed by atoms with Crippen molar-refractivity contribution in [3.63, 3.8) is 0 Å². The van der Waals surface area contributed by atoms with Crippen molar-refractivity contribution in [3.8, 4) is 0 Å². The number of rotatable bonds is 6. The summed E-state index contributed by atoms with van der Waals surface area (Å²) in [6.45, 7) is 7.62. The van der Waals surface area contributed by atoms with E-state index in [1.54, 1.807) is 18.0 Å². The number of halogens is 2. The Bertz CT molecular complexity index is 1100. The summed E-state index contributed by atoms with van der Waals surface area (Å²) in [5.41, 5.74) is 0.593. The molecule has 3 saturated heterocycles. The number of likely N-dealkylation sites (N-methyl/N-ethyl adjacent to an activating group) is 1. The van der Waals surface area contributed by atoms with Crippen LogP contribution in [0.3, 0.4) is 0 Å². The second-order valence-corrected chi connectivity index (χ2v) is 13.0. The minimum absolute atomic E-state index is 0.0863. The fraction of sp³-hybridized carbons (Fsp3) is 0.679. The zero-order chi connectivity index (χ0) is 27.2. The molecule has 2 unspecified atom stereocenters. The van der Waals surface area contributed by atoms with E-state index in [0.29, 0.717) is 68.9 Å². The van der Waals surface area contributed by atoms with Crippen molar-refractivity contribution in [2.45, 2.75) is 51.5 Å². The fourth-order valence-electron chi connectivity index (χ4n) is 5.81. The van der Waals surface area contributed by atoms with Gasteiger partial charge in [-0.05, 0) is 43.4 Å². The van der Waals surface area contributed by atoms with Crippen molar-refractivity contribution in [2.75, 3.05) is 53.0 Å². The largest absolute Gasteiger partial charge is 0.449 e. The highest BCUT2D eigenvalue weighted by atomic mass is 35.5. The van der Waals surface area contributed by atoms with E-state index in [1.807, 2.05) is 35.8 Å². The Labute approximate surface area is 234 Å². The van der Waals surface area contributed by atoms with Crippen LogP contribution in [0.15, 0.2) is 18.2 Å². The minimum Gasteiger partial charge on any atom is -0.449 e. The monoisotopic (exact) mass is 565 g/mol. The molecule has 0 radical (unpaired) electrons. The van der Waals surface area contributed by atoms with Crippen molar-refractivity contribution in [1.29, 1.82) is 0 Å². The normalized spacial score (nSPS) is 26.0. The van der Waals surface area contributed by atoms with Gasteiger partial charge in [0.2, 0.25) is 11.8 Å². The van der Waals surface area contributed by atoms with E-state index in [9.17, 15) is 14.4 Å². The molecule has 0 aromatic heterocycles. The molecule has 3 heterocycles. The number of hydrogen-bond acceptors (Lipinski definition) is 5. The van der Waals surface area contributed by atoms with Gasteiger partial charge in [-0.3, -0.25) is 9.59 Å². The van der Waals surface area contributed by atoms with Crippen LogP contribution in [0.1, 0.15) is 51.0 Å². The highest BCUT2D eigenvalue weighted by molar-refractivity contribution is 6.42. The molecule has 1 aliphatic carbocycles. The van der Waals surface area contributed by atoms with E-state index in [4.69, 9.17) is 32.7 Å². The number of ether oxygens (including phenoxy) is 2. The van der Waals surface area contributed by atoms with E-state index in [1.165, 1.54) is 0 Å². The molecule has 3 aliphatic heterocycles. The van der Waals surface area contributed by atoms with Gasteiger partial charge in [0.25, 0.3) is 0 Å². The van der Waals surface area contributed by atoms with Gasteiger partial charge in [0.1, 0.15) is 6.61 Å². The van der Waals surface area contributed by atoms with Crippen LogP contribution < -0.4 is 0 Å². The molecule has 2 atom stereocenters. The molecular weight excluding hydrogens is 529 g/mol. The average molecular weight is 567 g/mol. The van der Waals surface area contributed by atoms with Crippen molar-refractivity contribution >= 4 is 41.1 Å². The van der Waals surface area contributed by atoms with Crippen LogP contribution in [0.4, 0.5) is 4.79 Å². The van der Waals surface area contributed by atoms with Crippen molar-refractivity contribution < 1.29 is 23.9 Å². The molecule has 10 heteroatoms. The van der Waals surface area contributed by atoms with Gasteiger partial charge in [-0.2, -0.15) is 0 Å². The number of hydrogen-bond donors (Lipinski definition) is 0. The quantitative estimate of drug-likeness (QED) is 0.509. The zero-order valence-electron chi connectivity index (χ0n) is 22.4. The summed E-state index contributed by atoms with van der Waals surface area (Å²) in [4.78, 5) is 44.9. The first kappa shape index (κ1) is 27.5. The molecule has 1 aromatic rings. The van der Waals surface area contributed by atoms with Crippen LogP contribution >= 0.6 is 23.2 Å². The topological polar surface area (TPSA) is 79.4 Å². The highest BCUT2D eigenvalue weighted by Gasteiger charge is 2.48. The lowest BCUT2D eigenvalue weighted by atomic mass is 9.90. The number of carbonyl (C=O) groups is 3. The van der Waals surface area contributed by atoms with Crippen LogP contribution in [-0.2, 0) is 19.1 Å². The predicted octanol–water partition coefficient (Wildman–Crippen LogP) is 4.43. The van der Waals surface area contributed by atoms with Crippen molar-refractivity contribution in [3.05, 3.63) is 33.8 Å². The number of nitrogens with zero attached hydrogens (tertiary/aromatic N) is 3.